The maximum absolute atomic E-state index is 11.9. The number of rotatable bonds is 2. The molecule has 0 N–H and O–H groups in total. The predicted molar refractivity (Wildman–Crippen MR) is 48.7 cm³/mol. The third-order valence-electron chi connectivity index (χ3n) is 1.32. The number of terminal acetylenes is 1. The molecule has 1 rings (SSSR count). The average molecular weight is 247 g/mol. The highest BCUT2D eigenvalue weighted by atomic mass is 79.9. The number of benzene rings is 1. The molecule has 0 aliphatic heterocycles. The SMILES string of the molecule is C#Cc1ccc(Br)cc1OC(F)F. The summed E-state index contributed by atoms with van der Waals surface area (Å²) in [5.41, 5.74) is 0.309. The van der Waals surface area contributed by atoms with Crippen molar-refractivity contribution in [2.24, 2.45) is 0 Å². The summed E-state index contributed by atoms with van der Waals surface area (Å²) < 4.78 is 28.6. The van der Waals surface area contributed by atoms with Crippen molar-refractivity contribution in [2.45, 2.75) is 6.61 Å². The van der Waals surface area contributed by atoms with Crippen molar-refractivity contribution >= 4 is 15.9 Å². The van der Waals surface area contributed by atoms with Crippen LogP contribution in [0.2, 0.25) is 0 Å². The van der Waals surface area contributed by atoms with E-state index >= 15 is 0 Å². The second-order valence-corrected chi connectivity index (χ2v) is 3.08. The largest absolute Gasteiger partial charge is 0.433 e. The lowest BCUT2D eigenvalue weighted by Crippen LogP contribution is -2.03. The summed E-state index contributed by atoms with van der Waals surface area (Å²) in [5, 5.41) is 0. The summed E-state index contributed by atoms with van der Waals surface area (Å²) >= 11 is 3.12. The summed E-state index contributed by atoms with van der Waals surface area (Å²) in [6.07, 6.45) is 5.09. The minimum Gasteiger partial charge on any atom is -0.433 e. The molecule has 0 aromatic heterocycles. The number of hydrogen-bond acceptors (Lipinski definition) is 1. The van der Waals surface area contributed by atoms with E-state index < -0.39 is 6.61 Å². The molecule has 0 atom stereocenters. The summed E-state index contributed by atoms with van der Waals surface area (Å²) in [6.45, 7) is -2.86. The van der Waals surface area contributed by atoms with Gasteiger partial charge in [0.1, 0.15) is 5.75 Å². The smallest absolute Gasteiger partial charge is 0.387 e. The van der Waals surface area contributed by atoms with E-state index in [4.69, 9.17) is 6.42 Å². The van der Waals surface area contributed by atoms with E-state index in [0.717, 1.165) is 0 Å². The minimum absolute atomic E-state index is 0.00637. The highest BCUT2D eigenvalue weighted by molar-refractivity contribution is 9.10. The first-order chi connectivity index (χ1) is 6.13. The van der Waals surface area contributed by atoms with Gasteiger partial charge < -0.3 is 4.74 Å². The van der Waals surface area contributed by atoms with Crippen molar-refractivity contribution < 1.29 is 13.5 Å². The summed E-state index contributed by atoms with van der Waals surface area (Å²) in [5.74, 6) is 2.26. The van der Waals surface area contributed by atoms with Crippen LogP contribution in [-0.2, 0) is 0 Å². The monoisotopic (exact) mass is 246 g/mol. The predicted octanol–water partition coefficient (Wildman–Crippen LogP) is 3.03. The molecule has 0 radical (unpaired) electrons. The van der Waals surface area contributed by atoms with Crippen LogP contribution in [0, 0.1) is 12.3 Å². The minimum atomic E-state index is -2.86. The molecule has 1 aromatic carbocycles. The maximum atomic E-state index is 11.9. The molecule has 0 saturated carbocycles. The van der Waals surface area contributed by atoms with Gasteiger partial charge in [0.2, 0.25) is 0 Å². The molecule has 1 aromatic rings. The normalized spacial score (nSPS) is 9.77. The van der Waals surface area contributed by atoms with Crippen LogP contribution in [0.15, 0.2) is 22.7 Å². The van der Waals surface area contributed by atoms with Crippen molar-refractivity contribution in [3.8, 4) is 18.1 Å². The molecular formula is C9H5BrF2O. The van der Waals surface area contributed by atoms with Crippen LogP contribution in [0.5, 0.6) is 5.75 Å². The van der Waals surface area contributed by atoms with Crippen LogP contribution in [0.1, 0.15) is 5.56 Å². The van der Waals surface area contributed by atoms with Crippen LogP contribution < -0.4 is 4.74 Å². The second-order valence-electron chi connectivity index (χ2n) is 2.16. The Kier molecular flexibility index (Phi) is 3.26. The zero-order valence-electron chi connectivity index (χ0n) is 6.43. The van der Waals surface area contributed by atoms with Crippen LogP contribution in [0.4, 0.5) is 8.78 Å². The standard InChI is InChI=1S/C9H5BrF2O/c1-2-6-3-4-7(10)5-8(6)13-9(11)12/h1,3-5,9H. The first-order valence-electron chi connectivity index (χ1n) is 3.34. The molecular weight excluding hydrogens is 242 g/mol. The van der Waals surface area contributed by atoms with Crippen molar-refractivity contribution in [1.29, 1.82) is 0 Å². The molecule has 13 heavy (non-hydrogen) atoms. The van der Waals surface area contributed by atoms with E-state index in [1.165, 1.54) is 12.1 Å². The van der Waals surface area contributed by atoms with Gasteiger partial charge in [-0.2, -0.15) is 8.78 Å². The Labute approximate surface area is 82.8 Å². The van der Waals surface area contributed by atoms with Gasteiger partial charge in [-0.15, -0.1) is 6.42 Å². The Hall–Kier alpha value is -1.08. The Balaban J connectivity index is 3.03. The Morgan fingerprint density at radius 3 is 2.69 bits per heavy atom. The zero-order valence-corrected chi connectivity index (χ0v) is 8.01. The number of ether oxygens (including phenoxy) is 1. The molecule has 0 bridgehead atoms. The highest BCUT2D eigenvalue weighted by Gasteiger charge is 2.08. The lowest BCUT2D eigenvalue weighted by molar-refractivity contribution is -0.0500. The number of alkyl halides is 2. The first-order valence-corrected chi connectivity index (χ1v) is 4.13. The van der Waals surface area contributed by atoms with E-state index in [2.05, 4.69) is 26.6 Å². The van der Waals surface area contributed by atoms with E-state index in [0.29, 0.717) is 10.0 Å². The zero-order chi connectivity index (χ0) is 9.84. The van der Waals surface area contributed by atoms with Gasteiger partial charge in [0, 0.05) is 4.47 Å². The van der Waals surface area contributed by atoms with E-state index in [1.54, 1.807) is 6.07 Å². The first kappa shape index (κ1) is 10.0. The molecule has 0 spiro atoms. The average Bonchev–Trinajstić information content (AvgIpc) is 2.03. The van der Waals surface area contributed by atoms with Gasteiger partial charge >= 0.3 is 6.61 Å². The van der Waals surface area contributed by atoms with Gasteiger partial charge in [-0.1, -0.05) is 21.9 Å². The molecule has 0 amide bonds. The molecule has 0 unspecified atom stereocenters. The van der Waals surface area contributed by atoms with Crippen LogP contribution in [0.3, 0.4) is 0 Å². The summed E-state index contributed by atoms with van der Waals surface area (Å²) in [7, 11) is 0. The van der Waals surface area contributed by atoms with Gasteiger partial charge in [0.05, 0.1) is 5.56 Å². The fourth-order valence-electron chi connectivity index (χ4n) is 0.809. The van der Waals surface area contributed by atoms with E-state index in [-0.39, 0.29) is 5.75 Å². The van der Waals surface area contributed by atoms with Gasteiger partial charge in [0.25, 0.3) is 0 Å². The lowest BCUT2D eigenvalue weighted by atomic mass is 10.2. The molecule has 0 aliphatic carbocycles. The number of hydrogen-bond donors (Lipinski definition) is 0. The molecule has 4 heteroatoms. The van der Waals surface area contributed by atoms with Gasteiger partial charge in [-0.3, -0.25) is 0 Å². The Morgan fingerprint density at radius 2 is 2.15 bits per heavy atom. The van der Waals surface area contributed by atoms with Crippen molar-refractivity contribution in [2.75, 3.05) is 0 Å². The number of halogens is 3. The van der Waals surface area contributed by atoms with E-state index in [9.17, 15) is 8.78 Å². The fourth-order valence-corrected chi connectivity index (χ4v) is 1.15. The van der Waals surface area contributed by atoms with Gasteiger partial charge in [-0.25, -0.2) is 0 Å². The van der Waals surface area contributed by atoms with Crippen molar-refractivity contribution in [1.82, 2.24) is 0 Å². The third-order valence-corrected chi connectivity index (χ3v) is 1.81. The highest BCUT2D eigenvalue weighted by Crippen LogP contribution is 2.24. The van der Waals surface area contributed by atoms with Crippen LogP contribution in [-0.4, -0.2) is 6.61 Å². The molecule has 68 valence electrons. The lowest BCUT2D eigenvalue weighted by Gasteiger charge is -2.06. The molecule has 0 aliphatic rings. The second kappa shape index (κ2) is 4.24. The maximum Gasteiger partial charge on any atom is 0.387 e. The third kappa shape index (κ3) is 2.71. The van der Waals surface area contributed by atoms with Crippen LogP contribution >= 0.6 is 15.9 Å². The molecule has 0 heterocycles. The molecule has 0 saturated heterocycles. The topological polar surface area (TPSA) is 9.23 Å². The Bertz CT molecular complexity index is 344. The van der Waals surface area contributed by atoms with Crippen LogP contribution in [0.25, 0.3) is 0 Å². The molecule has 0 fully saturated rings. The quantitative estimate of drug-likeness (QED) is 0.730. The van der Waals surface area contributed by atoms with E-state index in [1.807, 2.05) is 0 Å². The van der Waals surface area contributed by atoms with Crippen molar-refractivity contribution in [3.63, 3.8) is 0 Å². The molecule has 1 nitrogen and oxygen atoms in total. The van der Waals surface area contributed by atoms with Crippen molar-refractivity contribution in [3.05, 3.63) is 28.2 Å². The summed E-state index contributed by atoms with van der Waals surface area (Å²) in [6, 6.07) is 4.59. The summed E-state index contributed by atoms with van der Waals surface area (Å²) in [4.78, 5) is 0. The van der Waals surface area contributed by atoms with Gasteiger partial charge in [0.15, 0.2) is 0 Å². The van der Waals surface area contributed by atoms with Gasteiger partial charge in [-0.05, 0) is 18.2 Å². The Morgan fingerprint density at radius 1 is 1.46 bits per heavy atom. The fraction of sp³-hybridized carbons (Fsp3) is 0.111.